The summed E-state index contributed by atoms with van der Waals surface area (Å²) in [6.45, 7) is 0. The van der Waals surface area contributed by atoms with Crippen molar-refractivity contribution >= 4 is 35.8 Å². The standard InChI is InChI=1S/C12H7BCl2O2/c14-9-5-3-4-8(12(9)15)13-16-10-6-1-2-7-11(10)17-13/h1-7H. The molecule has 3 rings (SSSR count). The predicted octanol–water partition coefficient (Wildman–Crippen LogP) is 3.16. The second kappa shape index (κ2) is 4.17. The average molecular weight is 265 g/mol. The van der Waals surface area contributed by atoms with E-state index in [4.69, 9.17) is 32.5 Å². The van der Waals surface area contributed by atoms with Gasteiger partial charge in [0.2, 0.25) is 0 Å². The monoisotopic (exact) mass is 264 g/mol. The summed E-state index contributed by atoms with van der Waals surface area (Å²) in [6.07, 6.45) is 0. The van der Waals surface area contributed by atoms with Crippen LogP contribution in [0.25, 0.3) is 0 Å². The summed E-state index contributed by atoms with van der Waals surface area (Å²) in [5, 5.41) is 0.958. The first-order chi connectivity index (χ1) is 8.25. The van der Waals surface area contributed by atoms with Gasteiger partial charge in [0, 0.05) is 5.46 Å². The number of rotatable bonds is 1. The largest absolute Gasteiger partial charge is 0.634 e. The molecule has 1 aliphatic heterocycles. The Hall–Kier alpha value is -1.32. The van der Waals surface area contributed by atoms with Crippen molar-refractivity contribution in [3.63, 3.8) is 0 Å². The van der Waals surface area contributed by atoms with E-state index in [0.717, 1.165) is 5.46 Å². The van der Waals surface area contributed by atoms with Crippen LogP contribution in [0, 0.1) is 0 Å². The first-order valence-electron chi connectivity index (χ1n) is 5.12. The molecule has 0 saturated heterocycles. The summed E-state index contributed by atoms with van der Waals surface area (Å²) in [6, 6.07) is 12.9. The Morgan fingerprint density at radius 2 is 1.47 bits per heavy atom. The van der Waals surface area contributed by atoms with Crippen molar-refractivity contribution in [1.29, 1.82) is 0 Å². The number of benzene rings is 2. The van der Waals surface area contributed by atoms with E-state index in [2.05, 4.69) is 0 Å². The van der Waals surface area contributed by atoms with E-state index >= 15 is 0 Å². The number of halogens is 2. The lowest BCUT2D eigenvalue weighted by Gasteiger charge is -2.07. The maximum Gasteiger partial charge on any atom is 0.634 e. The zero-order valence-corrected chi connectivity index (χ0v) is 10.2. The summed E-state index contributed by atoms with van der Waals surface area (Å²) in [7, 11) is -0.529. The van der Waals surface area contributed by atoms with Crippen LogP contribution in [0.5, 0.6) is 11.5 Å². The van der Waals surface area contributed by atoms with Gasteiger partial charge in [-0.25, -0.2) is 0 Å². The number of fused-ring (bicyclic) bond motifs is 1. The number of hydrogen-bond acceptors (Lipinski definition) is 2. The molecule has 0 radical (unpaired) electrons. The second-order valence-electron chi connectivity index (χ2n) is 3.66. The molecule has 17 heavy (non-hydrogen) atoms. The van der Waals surface area contributed by atoms with Crippen LogP contribution >= 0.6 is 23.2 Å². The normalized spacial score (nSPS) is 12.9. The van der Waals surface area contributed by atoms with Gasteiger partial charge in [0.15, 0.2) is 0 Å². The first-order valence-corrected chi connectivity index (χ1v) is 5.87. The van der Waals surface area contributed by atoms with E-state index < -0.39 is 7.12 Å². The molecule has 0 bridgehead atoms. The molecule has 1 heterocycles. The zero-order valence-electron chi connectivity index (χ0n) is 8.69. The topological polar surface area (TPSA) is 18.5 Å². The molecule has 2 aromatic carbocycles. The molecule has 0 aromatic heterocycles. The molecule has 0 saturated carbocycles. The van der Waals surface area contributed by atoms with E-state index in [0.29, 0.717) is 21.5 Å². The van der Waals surface area contributed by atoms with E-state index in [9.17, 15) is 0 Å². The summed E-state index contributed by atoms with van der Waals surface area (Å²) in [5.74, 6) is 1.43. The average Bonchev–Trinajstić information content (AvgIpc) is 2.76. The van der Waals surface area contributed by atoms with Crippen LogP contribution in [0.15, 0.2) is 42.5 Å². The molecule has 0 atom stereocenters. The van der Waals surface area contributed by atoms with Gasteiger partial charge >= 0.3 is 7.12 Å². The molecule has 84 valence electrons. The molecule has 2 aromatic rings. The van der Waals surface area contributed by atoms with E-state index in [1.807, 2.05) is 36.4 Å². The third-order valence-corrected chi connectivity index (χ3v) is 3.39. The fourth-order valence-electron chi connectivity index (χ4n) is 1.73. The van der Waals surface area contributed by atoms with Crippen LogP contribution in [0.2, 0.25) is 10.0 Å². The third kappa shape index (κ3) is 1.86. The Morgan fingerprint density at radius 3 is 2.12 bits per heavy atom. The minimum atomic E-state index is -0.529. The maximum absolute atomic E-state index is 6.12. The molecule has 1 aliphatic rings. The molecule has 0 aliphatic carbocycles. The van der Waals surface area contributed by atoms with Gasteiger partial charge in [0.05, 0.1) is 10.0 Å². The summed E-state index contributed by atoms with van der Waals surface area (Å²) in [4.78, 5) is 0. The van der Waals surface area contributed by atoms with Crippen LogP contribution in [-0.4, -0.2) is 7.12 Å². The molecule has 0 fully saturated rings. The van der Waals surface area contributed by atoms with Gasteiger partial charge in [-0.05, 0) is 18.2 Å². The Balaban J connectivity index is 1.97. The van der Waals surface area contributed by atoms with Crippen LogP contribution < -0.4 is 14.8 Å². The highest BCUT2D eigenvalue weighted by Gasteiger charge is 2.35. The van der Waals surface area contributed by atoms with Crippen molar-refractivity contribution in [3.05, 3.63) is 52.5 Å². The minimum Gasteiger partial charge on any atom is -0.519 e. The lowest BCUT2D eigenvalue weighted by Crippen LogP contribution is -2.39. The zero-order chi connectivity index (χ0) is 11.8. The Morgan fingerprint density at radius 1 is 0.824 bits per heavy atom. The molecule has 0 N–H and O–H groups in total. The van der Waals surface area contributed by atoms with Gasteiger partial charge in [0.1, 0.15) is 11.5 Å². The van der Waals surface area contributed by atoms with Crippen LogP contribution in [0.1, 0.15) is 0 Å². The summed E-state index contributed by atoms with van der Waals surface area (Å²) >= 11 is 12.1. The molecule has 0 unspecified atom stereocenters. The summed E-state index contributed by atoms with van der Waals surface area (Å²) in [5.41, 5.74) is 0.732. The van der Waals surface area contributed by atoms with Gasteiger partial charge in [0.25, 0.3) is 0 Å². The molecular formula is C12H7BCl2O2. The van der Waals surface area contributed by atoms with Crippen LogP contribution in [-0.2, 0) is 0 Å². The quantitative estimate of drug-likeness (QED) is 0.737. The lowest BCUT2D eigenvalue weighted by atomic mass is 9.79. The number of para-hydroxylation sites is 2. The SMILES string of the molecule is Clc1cccc(B2Oc3ccccc3O2)c1Cl. The molecule has 2 nitrogen and oxygen atoms in total. The Bertz CT molecular complexity index is 549. The van der Waals surface area contributed by atoms with Gasteiger partial charge < -0.3 is 9.31 Å². The smallest absolute Gasteiger partial charge is 0.519 e. The van der Waals surface area contributed by atoms with Crippen molar-refractivity contribution < 1.29 is 9.31 Å². The third-order valence-electron chi connectivity index (χ3n) is 2.55. The van der Waals surface area contributed by atoms with Crippen molar-refractivity contribution in [3.8, 4) is 11.5 Å². The van der Waals surface area contributed by atoms with Gasteiger partial charge in [-0.15, -0.1) is 0 Å². The maximum atomic E-state index is 6.12. The Kier molecular flexibility index (Phi) is 2.65. The minimum absolute atomic E-state index is 0.465. The predicted molar refractivity (Wildman–Crippen MR) is 69.5 cm³/mol. The highest BCUT2D eigenvalue weighted by molar-refractivity contribution is 6.67. The van der Waals surface area contributed by atoms with Crippen molar-refractivity contribution in [2.45, 2.75) is 0 Å². The number of hydrogen-bond donors (Lipinski definition) is 0. The van der Waals surface area contributed by atoms with E-state index in [1.54, 1.807) is 6.07 Å². The molecular weight excluding hydrogens is 258 g/mol. The van der Waals surface area contributed by atoms with E-state index in [1.165, 1.54) is 0 Å². The Labute approximate surface area is 109 Å². The highest BCUT2D eigenvalue weighted by atomic mass is 35.5. The lowest BCUT2D eigenvalue weighted by molar-refractivity contribution is 0.519. The fraction of sp³-hybridized carbons (Fsp3) is 0. The van der Waals surface area contributed by atoms with Crippen molar-refractivity contribution in [1.82, 2.24) is 0 Å². The first kappa shape index (κ1) is 10.8. The van der Waals surface area contributed by atoms with Crippen LogP contribution in [0.3, 0.4) is 0 Å². The van der Waals surface area contributed by atoms with Gasteiger partial charge in [-0.2, -0.15) is 0 Å². The van der Waals surface area contributed by atoms with Gasteiger partial charge in [-0.3, -0.25) is 0 Å². The molecule has 0 amide bonds. The summed E-state index contributed by atoms with van der Waals surface area (Å²) < 4.78 is 11.3. The van der Waals surface area contributed by atoms with Crippen molar-refractivity contribution in [2.24, 2.45) is 0 Å². The van der Waals surface area contributed by atoms with E-state index in [-0.39, 0.29) is 0 Å². The second-order valence-corrected chi connectivity index (χ2v) is 4.44. The fourth-order valence-corrected chi connectivity index (χ4v) is 2.13. The highest BCUT2D eigenvalue weighted by Crippen LogP contribution is 2.33. The molecule has 5 heteroatoms. The molecule has 0 spiro atoms. The van der Waals surface area contributed by atoms with Crippen molar-refractivity contribution in [2.75, 3.05) is 0 Å². The van der Waals surface area contributed by atoms with Gasteiger partial charge in [-0.1, -0.05) is 47.5 Å². The van der Waals surface area contributed by atoms with Crippen LogP contribution in [0.4, 0.5) is 0 Å².